The number of alkyl carbamates (subject to hydrolysis) is 1. The van der Waals surface area contributed by atoms with Crippen LogP contribution >= 0.6 is 0 Å². The van der Waals surface area contributed by atoms with E-state index in [1.54, 1.807) is 37.3 Å². The molecular weight excluding hydrogens is 786 g/mol. The number of aromatic nitrogens is 2. The number of carbonyl (C=O) groups is 4. The van der Waals surface area contributed by atoms with E-state index in [9.17, 15) is 40.8 Å². The Hall–Kier alpha value is -4.68. The van der Waals surface area contributed by atoms with E-state index in [-0.39, 0.29) is 37.1 Å². The number of halogens is 3. The zero-order valence-electron chi connectivity index (χ0n) is 33.4. The number of amides is 4. The molecule has 2 aromatic rings. The predicted molar refractivity (Wildman–Crippen MR) is 204 cm³/mol. The van der Waals surface area contributed by atoms with Crippen molar-refractivity contribution in [2.45, 2.75) is 126 Å². The van der Waals surface area contributed by atoms with Gasteiger partial charge in [-0.2, -0.15) is 13.2 Å². The van der Waals surface area contributed by atoms with Gasteiger partial charge in [0.05, 0.1) is 29.2 Å². The average Bonchev–Trinajstić information content (AvgIpc) is 4.04. The van der Waals surface area contributed by atoms with E-state index in [0.717, 1.165) is 0 Å². The number of hydrogen-bond acceptors (Lipinski definition) is 11. The van der Waals surface area contributed by atoms with Crippen LogP contribution in [-0.2, 0) is 29.1 Å². The summed E-state index contributed by atoms with van der Waals surface area (Å²) in [5.74, 6) is -3.34. The van der Waals surface area contributed by atoms with Crippen molar-refractivity contribution in [3.63, 3.8) is 0 Å². The minimum atomic E-state index is -4.92. The fourth-order valence-electron chi connectivity index (χ4n) is 7.71. The summed E-state index contributed by atoms with van der Waals surface area (Å²) >= 11 is 0. The van der Waals surface area contributed by atoms with Crippen molar-refractivity contribution in [1.82, 2.24) is 30.5 Å². The highest BCUT2D eigenvalue weighted by Gasteiger charge is 2.63. The van der Waals surface area contributed by atoms with Crippen LogP contribution in [0, 0.1) is 17.8 Å². The average molecular weight is 837 g/mol. The lowest BCUT2D eigenvalue weighted by atomic mass is 9.85. The highest BCUT2D eigenvalue weighted by atomic mass is 32.2. The number of rotatable bonds is 9. The summed E-state index contributed by atoms with van der Waals surface area (Å²) in [6, 6.07) is 4.23. The van der Waals surface area contributed by atoms with E-state index in [1.807, 2.05) is 13.0 Å². The normalized spacial score (nSPS) is 29.4. The first-order chi connectivity index (χ1) is 27.1. The number of ether oxygens (including phenoxy) is 3. The van der Waals surface area contributed by atoms with Crippen molar-refractivity contribution < 1.29 is 55.0 Å². The van der Waals surface area contributed by atoms with Gasteiger partial charge < -0.3 is 29.7 Å². The maximum atomic E-state index is 14.9. The third kappa shape index (κ3) is 8.54. The topological polar surface area (TPSA) is 195 Å². The molecule has 318 valence electrons. The Morgan fingerprint density at radius 2 is 1.72 bits per heavy atom. The van der Waals surface area contributed by atoms with Crippen LogP contribution in [0.3, 0.4) is 0 Å². The van der Waals surface area contributed by atoms with Gasteiger partial charge in [0, 0.05) is 12.3 Å². The molecule has 0 spiro atoms. The molecule has 0 bridgehead atoms. The van der Waals surface area contributed by atoms with E-state index in [2.05, 4.69) is 25.6 Å². The van der Waals surface area contributed by atoms with Gasteiger partial charge in [0.15, 0.2) is 0 Å². The van der Waals surface area contributed by atoms with Gasteiger partial charge in [0.2, 0.25) is 39.2 Å². The van der Waals surface area contributed by atoms with E-state index >= 15 is 0 Å². The van der Waals surface area contributed by atoms with Gasteiger partial charge in [0.1, 0.15) is 23.7 Å². The van der Waals surface area contributed by atoms with Crippen LogP contribution in [0.15, 0.2) is 36.4 Å². The maximum Gasteiger partial charge on any atom is 0.427 e. The largest absolute Gasteiger partial charge is 0.479 e. The summed E-state index contributed by atoms with van der Waals surface area (Å²) in [6.07, 6.45) is -1.07. The summed E-state index contributed by atoms with van der Waals surface area (Å²) in [5.41, 5.74) is -4.54. The third-order valence-electron chi connectivity index (χ3n) is 12.0. The molecule has 2 aliphatic heterocycles. The first-order valence-electron chi connectivity index (χ1n) is 19.5. The molecule has 0 radical (unpaired) electrons. The lowest BCUT2D eigenvalue weighted by Crippen LogP contribution is -2.60. The standard InChI is InChI=1S/C39H51F3N6O9S/c1-7-23-18-22(2)12-8-9-13-24-20-38(24,34(51)47-58(53,54)37(5)16-17-37)44-30(49)28-19-25(56-32-27-15-11-10-14-26(27)31(55-6)45-46-32)21-48(28)33(50)29(23)43-35(52)57-36(3,4)39(40,41)42/h9-11,13-15,22-25,28-29H,7-8,12,16-21H2,1-6H3,(H,43,52)(H,44,49)(H,47,51)/b13-9-/t22-,23+,24+,25+,28-,29-,38+/m0/s1. The maximum absolute atomic E-state index is 14.9. The molecule has 3 N–H and O–H groups in total. The summed E-state index contributed by atoms with van der Waals surface area (Å²) in [5, 5.41) is 14.6. The highest BCUT2D eigenvalue weighted by Crippen LogP contribution is 2.48. The van der Waals surface area contributed by atoms with Gasteiger partial charge in [-0.3, -0.25) is 19.1 Å². The van der Waals surface area contributed by atoms with Crippen molar-refractivity contribution in [3.8, 4) is 11.8 Å². The third-order valence-corrected chi connectivity index (χ3v) is 14.2. The van der Waals surface area contributed by atoms with E-state index in [4.69, 9.17) is 14.2 Å². The molecule has 6 rings (SSSR count). The zero-order valence-corrected chi connectivity index (χ0v) is 34.2. The quantitative estimate of drug-likeness (QED) is 0.297. The van der Waals surface area contributed by atoms with E-state index in [1.165, 1.54) is 18.9 Å². The first-order valence-corrected chi connectivity index (χ1v) is 21.0. The van der Waals surface area contributed by atoms with Crippen molar-refractivity contribution in [2.24, 2.45) is 17.8 Å². The number of alkyl halides is 3. The van der Waals surface area contributed by atoms with Gasteiger partial charge in [-0.15, -0.1) is 10.2 Å². The van der Waals surface area contributed by atoms with E-state index < -0.39 is 85.9 Å². The number of allylic oxidation sites excluding steroid dienone is 1. The van der Waals surface area contributed by atoms with Gasteiger partial charge in [-0.05, 0) is 83.3 Å². The Labute approximate surface area is 335 Å². The second-order valence-electron chi connectivity index (χ2n) is 16.7. The molecule has 15 nitrogen and oxygen atoms in total. The summed E-state index contributed by atoms with van der Waals surface area (Å²) in [4.78, 5) is 57.7. The van der Waals surface area contributed by atoms with E-state index in [0.29, 0.717) is 63.1 Å². The van der Waals surface area contributed by atoms with Crippen molar-refractivity contribution in [3.05, 3.63) is 36.4 Å². The number of benzene rings is 1. The monoisotopic (exact) mass is 836 g/mol. The van der Waals surface area contributed by atoms with Crippen molar-refractivity contribution in [1.29, 1.82) is 0 Å². The highest BCUT2D eigenvalue weighted by molar-refractivity contribution is 7.91. The lowest BCUT2D eigenvalue weighted by molar-refractivity contribution is -0.244. The zero-order chi connectivity index (χ0) is 42.4. The Morgan fingerprint density at radius 1 is 1.07 bits per heavy atom. The number of nitrogens with one attached hydrogen (secondary N) is 3. The van der Waals surface area contributed by atoms with Crippen LogP contribution in [0.4, 0.5) is 18.0 Å². The summed E-state index contributed by atoms with van der Waals surface area (Å²) in [6.45, 7) is 6.43. The molecule has 3 fully saturated rings. The Kier molecular flexibility index (Phi) is 11.7. The van der Waals surface area contributed by atoms with Gasteiger partial charge in [0.25, 0.3) is 5.91 Å². The molecule has 7 atom stereocenters. The molecule has 3 heterocycles. The molecule has 2 saturated carbocycles. The number of fused-ring (bicyclic) bond motifs is 3. The fourth-order valence-corrected chi connectivity index (χ4v) is 9.02. The smallest absolute Gasteiger partial charge is 0.427 e. The van der Waals surface area contributed by atoms with Gasteiger partial charge >= 0.3 is 12.3 Å². The second-order valence-corrected chi connectivity index (χ2v) is 18.9. The Morgan fingerprint density at radius 3 is 2.34 bits per heavy atom. The summed E-state index contributed by atoms with van der Waals surface area (Å²) < 4.78 is 85.3. The van der Waals surface area contributed by atoms with Gasteiger partial charge in [-0.1, -0.05) is 44.6 Å². The van der Waals surface area contributed by atoms with Crippen LogP contribution in [-0.4, -0.2) is 101 Å². The molecule has 0 unspecified atom stereocenters. The SMILES string of the molecule is CC[C@@H]1C[C@@H](C)CC/C=C\[C@@H]2C[C@@]2(C(=O)NS(=O)(=O)C2(C)CC2)NC(=O)[C@@H]2C[C@@H](Oc3nnc(OC)c4ccccc34)CN2C(=O)[C@H]1NC(=O)OC(C)(C)C(F)(F)F. The molecule has 1 aromatic heterocycles. The number of sulfonamides is 1. The van der Waals surface area contributed by atoms with Crippen LogP contribution in [0.2, 0.25) is 0 Å². The number of methoxy groups -OCH3 is 1. The minimum absolute atomic E-state index is 0.0386. The Bertz CT molecular complexity index is 2080. The molecule has 4 aliphatic rings. The van der Waals surface area contributed by atoms with Crippen molar-refractivity contribution in [2.75, 3.05) is 13.7 Å². The first kappa shape index (κ1) is 42.9. The fraction of sp³-hybridized carbons (Fsp3) is 0.641. The van der Waals surface area contributed by atoms with Gasteiger partial charge in [-0.25, -0.2) is 13.2 Å². The second kappa shape index (κ2) is 15.8. The van der Waals surface area contributed by atoms with Crippen LogP contribution < -0.4 is 24.8 Å². The molecule has 1 aromatic carbocycles. The Balaban J connectivity index is 1.37. The van der Waals surface area contributed by atoms with Crippen molar-refractivity contribution >= 4 is 44.6 Å². The molecule has 1 saturated heterocycles. The predicted octanol–water partition coefficient (Wildman–Crippen LogP) is 4.70. The molecule has 2 aliphatic carbocycles. The molecule has 4 amide bonds. The number of nitrogens with zero attached hydrogens (tertiary/aromatic N) is 3. The molecule has 58 heavy (non-hydrogen) atoms. The summed E-state index contributed by atoms with van der Waals surface area (Å²) in [7, 11) is -2.65. The lowest BCUT2D eigenvalue weighted by Gasteiger charge is -2.35. The molecular formula is C39H51F3N6O9S. The molecule has 19 heteroatoms. The number of hydrogen-bond donors (Lipinski definition) is 3. The minimum Gasteiger partial charge on any atom is -0.479 e. The number of carbonyl (C=O) groups excluding carboxylic acids is 4. The van der Waals surface area contributed by atoms with Crippen LogP contribution in [0.5, 0.6) is 11.8 Å². The van der Waals surface area contributed by atoms with Crippen LogP contribution in [0.1, 0.15) is 86.0 Å². The van der Waals surface area contributed by atoms with Crippen LogP contribution in [0.25, 0.3) is 10.8 Å².